The van der Waals surface area contributed by atoms with Crippen molar-refractivity contribution in [3.63, 3.8) is 0 Å². The van der Waals surface area contributed by atoms with Crippen LogP contribution in [0.1, 0.15) is 20.7 Å². The summed E-state index contributed by atoms with van der Waals surface area (Å²) in [5.74, 6) is -3.44. The Bertz CT molecular complexity index is 423. The molecule has 0 heterocycles. The van der Waals surface area contributed by atoms with E-state index in [1.807, 2.05) is 0 Å². The molecule has 0 fully saturated rings. The summed E-state index contributed by atoms with van der Waals surface area (Å²) in [5.41, 5.74) is -0.791. The number of carbonyl (C=O) groups is 2. The molecule has 0 atom stereocenters. The highest BCUT2D eigenvalue weighted by Crippen LogP contribution is 2.27. The molecule has 0 unspecified atom stereocenters. The maximum atomic E-state index is 11.1. The minimum absolute atomic E-state index is 0.312. The first kappa shape index (κ1) is 10.8. The standard InChI is InChI=1S/C9H8O6/c1-15-9(14)5-2-4(8(12)13)6(10)3-7(5)11/h2-3,10-11H,1H3,(H,12,13). The topological polar surface area (TPSA) is 104 Å². The molecular weight excluding hydrogens is 204 g/mol. The summed E-state index contributed by atoms with van der Waals surface area (Å²) in [4.78, 5) is 21.7. The fourth-order valence-corrected chi connectivity index (χ4v) is 1.02. The number of hydrogen-bond donors (Lipinski definition) is 3. The molecule has 0 saturated carbocycles. The van der Waals surface area contributed by atoms with Crippen molar-refractivity contribution in [3.05, 3.63) is 23.3 Å². The predicted molar refractivity (Wildman–Crippen MR) is 48.1 cm³/mol. The SMILES string of the molecule is COC(=O)c1cc(C(=O)O)c(O)cc1O. The molecule has 0 amide bonds. The second-order valence-electron chi connectivity index (χ2n) is 2.68. The van der Waals surface area contributed by atoms with E-state index in [0.717, 1.165) is 19.2 Å². The Morgan fingerprint density at radius 2 is 1.67 bits per heavy atom. The number of aromatic carboxylic acids is 1. The number of benzene rings is 1. The highest BCUT2D eigenvalue weighted by Gasteiger charge is 2.18. The number of phenolic OH excluding ortho intramolecular Hbond substituents is 1. The number of phenols is 2. The molecule has 6 nitrogen and oxygen atoms in total. The molecule has 0 aliphatic rings. The van der Waals surface area contributed by atoms with Crippen molar-refractivity contribution in [1.82, 2.24) is 0 Å². The summed E-state index contributed by atoms with van der Waals surface area (Å²) < 4.78 is 4.32. The predicted octanol–water partition coefficient (Wildman–Crippen LogP) is 0.583. The number of esters is 1. The Labute approximate surface area is 84.3 Å². The Kier molecular flexibility index (Phi) is 2.80. The van der Waals surface area contributed by atoms with Crippen LogP contribution >= 0.6 is 0 Å². The average molecular weight is 212 g/mol. The van der Waals surface area contributed by atoms with Gasteiger partial charge in [0.05, 0.1) is 7.11 Å². The van der Waals surface area contributed by atoms with Crippen LogP contribution in [0.4, 0.5) is 0 Å². The molecule has 0 radical (unpaired) electrons. The molecule has 15 heavy (non-hydrogen) atoms. The van der Waals surface area contributed by atoms with E-state index in [0.29, 0.717) is 0 Å². The second kappa shape index (κ2) is 3.87. The second-order valence-corrected chi connectivity index (χ2v) is 2.68. The monoisotopic (exact) mass is 212 g/mol. The van der Waals surface area contributed by atoms with Crippen LogP contribution in [0.25, 0.3) is 0 Å². The van der Waals surface area contributed by atoms with Gasteiger partial charge in [0.15, 0.2) is 0 Å². The van der Waals surface area contributed by atoms with Crippen LogP contribution in [0.2, 0.25) is 0 Å². The lowest BCUT2D eigenvalue weighted by Crippen LogP contribution is -2.05. The third kappa shape index (κ3) is 1.98. The number of carboxylic acid groups (broad SMARTS) is 1. The lowest BCUT2D eigenvalue weighted by atomic mass is 10.1. The highest BCUT2D eigenvalue weighted by atomic mass is 16.5. The number of aromatic hydroxyl groups is 2. The van der Waals surface area contributed by atoms with Gasteiger partial charge in [0.1, 0.15) is 22.6 Å². The van der Waals surface area contributed by atoms with Gasteiger partial charge in [-0.2, -0.15) is 0 Å². The van der Waals surface area contributed by atoms with Gasteiger partial charge in [-0.25, -0.2) is 9.59 Å². The number of carboxylic acids is 1. The first-order valence-corrected chi connectivity index (χ1v) is 3.85. The minimum Gasteiger partial charge on any atom is -0.507 e. The molecule has 3 N–H and O–H groups in total. The van der Waals surface area contributed by atoms with Crippen molar-refractivity contribution in [2.24, 2.45) is 0 Å². The lowest BCUT2D eigenvalue weighted by molar-refractivity contribution is 0.0597. The van der Waals surface area contributed by atoms with Gasteiger partial charge in [-0.15, -0.1) is 0 Å². The van der Waals surface area contributed by atoms with Gasteiger partial charge < -0.3 is 20.1 Å². The van der Waals surface area contributed by atoms with E-state index in [1.165, 1.54) is 0 Å². The molecule has 0 bridgehead atoms. The Balaban J connectivity index is 3.36. The van der Waals surface area contributed by atoms with E-state index in [4.69, 9.17) is 10.2 Å². The summed E-state index contributed by atoms with van der Waals surface area (Å²) in [7, 11) is 1.09. The summed E-state index contributed by atoms with van der Waals surface area (Å²) in [5, 5.41) is 27.0. The normalized spacial score (nSPS) is 9.67. The van der Waals surface area contributed by atoms with Gasteiger partial charge in [-0.1, -0.05) is 0 Å². The van der Waals surface area contributed by atoms with Crippen LogP contribution in [0, 0.1) is 0 Å². The highest BCUT2D eigenvalue weighted by molar-refractivity contribution is 5.98. The number of methoxy groups -OCH3 is 1. The van der Waals surface area contributed by atoms with Gasteiger partial charge in [-0.05, 0) is 6.07 Å². The molecule has 0 aliphatic carbocycles. The van der Waals surface area contributed by atoms with E-state index >= 15 is 0 Å². The maximum Gasteiger partial charge on any atom is 0.341 e. The molecule has 1 rings (SSSR count). The van der Waals surface area contributed by atoms with Crippen LogP contribution in [-0.2, 0) is 4.74 Å². The summed E-state index contributed by atoms with van der Waals surface area (Å²) in [6.45, 7) is 0. The van der Waals surface area contributed by atoms with Crippen molar-refractivity contribution in [2.45, 2.75) is 0 Å². The summed E-state index contributed by atoms with van der Waals surface area (Å²) >= 11 is 0. The van der Waals surface area contributed by atoms with Gasteiger partial charge in [0, 0.05) is 6.07 Å². The van der Waals surface area contributed by atoms with Crippen molar-refractivity contribution >= 4 is 11.9 Å². The van der Waals surface area contributed by atoms with Crippen molar-refractivity contribution in [2.75, 3.05) is 7.11 Å². The van der Waals surface area contributed by atoms with E-state index in [9.17, 15) is 14.7 Å². The molecule has 0 aromatic heterocycles. The quantitative estimate of drug-likeness (QED) is 0.619. The first-order valence-electron chi connectivity index (χ1n) is 3.85. The fourth-order valence-electron chi connectivity index (χ4n) is 1.02. The van der Waals surface area contributed by atoms with Crippen LogP contribution < -0.4 is 0 Å². The van der Waals surface area contributed by atoms with E-state index in [2.05, 4.69) is 4.74 Å². The zero-order valence-electron chi connectivity index (χ0n) is 7.72. The van der Waals surface area contributed by atoms with Crippen LogP contribution in [0.3, 0.4) is 0 Å². The largest absolute Gasteiger partial charge is 0.507 e. The average Bonchev–Trinajstić information content (AvgIpc) is 2.16. The minimum atomic E-state index is -1.40. The molecular formula is C9H8O6. The van der Waals surface area contributed by atoms with E-state index < -0.39 is 29.0 Å². The third-order valence-corrected chi connectivity index (χ3v) is 1.75. The van der Waals surface area contributed by atoms with Gasteiger partial charge in [0.25, 0.3) is 0 Å². The van der Waals surface area contributed by atoms with Gasteiger partial charge >= 0.3 is 11.9 Å². The fraction of sp³-hybridized carbons (Fsp3) is 0.111. The van der Waals surface area contributed by atoms with Crippen molar-refractivity contribution in [3.8, 4) is 11.5 Å². The number of ether oxygens (including phenoxy) is 1. The lowest BCUT2D eigenvalue weighted by Gasteiger charge is -2.05. The molecule has 6 heteroatoms. The molecule has 0 spiro atoms. The van der Waals surface area contributed by atoms with E-state index in [-0.39, 0.29) is 5.56 Å². The first-order chi connectivity index (χ1) is 6.97. The molecule has 0 saturated heterocycles. The van der Waals surface area contributed by atoms with E-state index in [1.54, 1.807) is 0 Å². The summed E-state index contributed by atoms with van der Waals surface area (Å²) in [6, 6.07) is 1.62. The number of rotatable bonds is 2. The van der Waals surface area contributed by atoms with Crippen LogP contribution in [0.5, 0.6) is 11.5 Å². The van der Waals surface area contributed by atoms with Gasteiger partial charge in [-0.3, -0.25) is 0 Å². The van der Waals surface area contributed by atoms with Crippen molar-refractivity contribution < 1.29 is 29.6 Å². The Morgan fingerprint density at radius 3 is 2.13 bits per heavy atom. The van der Waals surface area contributed by atoms with Crippen LogP contribution in [0.15, 0.2) is 12.1 Å². The van der Waals surface area contributed by atoms with Crippen molar-refractivity contribution in [1.29, 1.82) is 0 Å². The molecule has 1 aromatic carbocycles. The Hall–Kier alpha value is -2.24. The molecule has 1 aromatic rings. The number of carbonyl (C=O) groups excluding carboxylic acids is 1. The van der Waals surface area contributed by atoms with Crippen LogP contribution in [-0.4, -0.2) is 34.4 Å². The number of hydrogen-bond acceptors (Lipinski definition) is 5. The Morgan fingerprint density at radius 1 is 1.13 bits per heavy atom. The molecule has 80 valence electrons. The smallest absolute Gasteiger partial charge is 0.341 e. The third-order valence-electron chi connectivity index (χ3n) is 1.75. The molecule has 0 aliphatic heterocycles. The zero-order chi connectivity index (χ0) is 11.6. The summed E-state index contributed by atoms with van der Waals surface area (Å²) in [6.07, 6.45) is 0. The zero-order valence-corrected chi connectivity index (χ0v) is 7.72. The van der Waals surface area contributed by atoms with Gasteiger partial charge in [0.2, 0.25) is 0 Å². The maximum absolute atomic E-state index is 11.1.